The van der Waals surface area contributed by atoms with E-state index in [0.29, 0.717) is 26.2 Å². The lowest BCUT2D eigenvalue weighted by atomic mass is 10.2. The summed E-state index contributed by atoms with van der Waals surface area (Å²) in [6, 6.07) is 7.52. The first-order chi connectivity index (χ1) is 11.7. The van der Waals surface area contributed by atoms with Crippen LogP contribution < -0.4 is 5.32 Å². The van der Waals surface area contributed by atoms with Crippen LogP contribution in [0, 0.1) is 0 Å². The number of para-hydroxylation sites is 1. The number of carbonyl (C=O) groups is 2. The first kappa shape index (κ1) is 19.7. The van der Waals surface area contributed by atoms with Crippen molar-refractivity contribution in [1.82, 2.24) is 9.80 Å². The van der Waals surface area contributed by atoms with Gasteiger partial charge in [0.2, 0.25) is 5.91 Å². The Morgan fingerprint density at radius 1 is 1.28 bits per heavy atom. The van der Waals surface area contributed by atoms with Crippen LogP contribution in [0.2, 0.25) is 0 Å². The number of amides is 2. The van der Waals surface area contributed by atoms with Gasteiger partial charge in [0.05, 0.1) is 12.2 Å². The smallest absolute Gasteiger partial charge is 0.410 e. The van der Waals surface area contributed by atoms with E-state index in [0.717, 1.165) is 10.2 Å². The quantitative estimate of drug-likeness (QED) is 0.828. The highest BCUT2D eigenvalue weighted by Gasteiger charge is 2.31. The summed E-state index contributed by atoms with van der Waals surface area (Å²) in [7, 11) is 0. The van der Waals surface area contributed by atoms with Crippen LogP contribution in [0.25, 0.3) is 0 Å². The van der Waals surface area contributed by atoms with Crippen LogP contribution in [0.4, 0.5) is 10.5 Å². The summed E-state index contributed by atoms with van der Waals surface area (Å²) in [6.07, 6.45) is -0.294. The minimum atomic E-state index is -0.503. The van der Waals surface area contributed by atoms with E-state index in [1.807, 2.05) is 52.0 Å². The second-order valence-electron chi connectivity index (χ2n) is 7.29. The first-order valence-electron chi connectivity index (χ1n) is 8.42. The summed E-state index contributed by atoms with van der Waals surface area (Å²) in [5, 5.41) is 2.90. The van der Waals surface area contributed by atoms with Gasteiger partial charge in [-0.25, -0.2) is 4.79 Å². The number of carbonyl (C=O) groups excluding carboxylic acids is 2. The van der Waals surface area contributed by atoms with Gasteiger partial charge in [-0.1, -0.05) is 12.1 Å². The highest BCUT2D eigenvalue weighted by Crippen LogP contribution is 2.21. The number of hydrogen-bond donors (Lipinski definition) is 1. The SMILES string of the molecule is C[C@@H]1CN(CC(=O)Nc2ccccc2Br)CCN1C(=O)OC(C)(C)C. The van der Waals surface area contributed by atoms with Gasteiger partial charge in [-0.05, 0) is 55.8 Å². The van der Waals surface area contributed by atoms with Crippen LogP contribution in [0.5, 0.6) is 0 Å². The molecular weight excluding hydrogens is 386 g/mol. The number of ether oxygens (including phenoxy) is 1. The Kier molecular flexibility index (Phi) is 6.46. The lowest BCUT2D eigenvalue weighted by Crippen LogP contribution is -2.56. The molecule has 25 heavy (non-hydrogen) atoms. The summed E-state index contributed by atoms with van der Waals surface area (Å²) in [6.45, 7) is 9.69. The molecule has 1 N–H and O–H groups in total. The molecule has 1 saturated heterocycles. The van der Waals surface area contributed by atoms with Gasteiger partial charge in [0.1, 0.15) is 5.60 Å². The van der Waals surface area contributed by atoms with E-state index in [-0.39, 0.29) is 18.0 Å². The Balaban J connectivity index is 1.85. The van der Waals surface area contributed by atoms with Gasteiger partial charge < -0.3 is 15.0 Å². The highest BCUT2D eigenvalue weighted by molar-refractivity contribution is 9.10. The average molecular weight is 412 g/mol. The summed E-state index contributed by atoms with van der Waals surface area (Å²) in [5.41, 5.74) is 0.254. The molecule has 1 aromatic carbocycles. The molecule has 0 aromatic heterocycles. The van der Waals surface area contributed by atoms with Gasteiger partial charge in [-0.3, -0.25) is 9.69 Å². The summed E-state index contributed by atoms with van der Waals surface area (Å²) < 4.78 is 6.29. The Morgan fingerprint density at radius 3 is 2.56 bits per heavy atom. The topological polar surface area (TPSA) is 61.9 Å². The van der Waals surface area contributed by atoms with Gasteiger partial charge in [0.25, 0.3) is 0 Å². The third-order valence-corrected chi connectivity index (χ3v) is 4.55. The van der Waals surface area contributed by atoms with E-state index >= 15 is 0 Å². The number of piperazine rings is 1. The maximum atomic E-state index is 12.3. The molecule has 1 heterocycles. The van der Waals surface area contributed by atoms with Crippen LogP contribution in [-0.2, 0) is 9.53 Å². The summed E-state index contributed by atoms with van der Waals surface area (Å²) in [5.74, 6) is -0.0650. The molecule has 6 nitrogen and oxygen atoms in total. The van der Waals surface area contributed by atoms with Crippen molar-refractivity contribution in [3.63, 3.8) is 0 Å². The van der Waals surface area contributed by atoms with E-state index in [2.05, 4.69) is 26.1 Å². The third-order valence-electron chi connectivity index (χ3n) is 3.85. The molecule has 0 unspecified atom stereocenters. The first-order valence-corrected chi connectivity index (χ1v) is 9.21. The Morgan fingerprint density at radius 2 is 1.96 bits per heavy atom. The van der Waals surface area contributed by atoms with Gasteiger partial charge >= 0.3 is 6.09 Å². The molecule has 1 fully saturated rings. The van der Waals surface area contributed by atoms with E-state index in [1.54, 1.807) is 4.90 Å². The van der Waals surface area contributed by atoms with E-state index in [9.17, 15) is 9.59 Å². The van der Waals surface area contributed by atoms with E-state index in [4.69, 9.17) is 4.74 Å². The average Bonchev–Trinajstić information content (AvgIpc) is 2.47. The number of anilines is 1. The standard InChI is InChI=1S/C18H26BrN3O3/c1-13-11-21(9-10-22(13)17(24)25-18(2,3)4)12-16(23)20-15-8-6-5-7-14(15)19/h5-8,13H,9-12H2,1-4H3,(H,20,23)/t13-/m1/s1. The summed E-state index contributed by atoms with van der Waals surface area (Å²) >= 11 is 3.42. The van der Waals surface area contributed by atoms with Crippen molar-refractivity contribution >= 4 is 33.6 Å². The number of nitrogens with zero attached hydrogens (tertiary/aromatic N) is 2. The fourth-order valence-corrected chi connectivity index (χ4v) is 3.11. The van der Waals surface area contributed by atoms with Crippen LogP contribution in [0.1, 0.15) is 27.7 Å². The van der Waals surface area contributed by atoms with Gasteiger partial charge in [-0.2, -0.15) is 0 Å². The van der Waals surface area contributed by atoms with Crippen molar-refractivity contribution in [3.8, 4) is 0 Å². The number of rotatable bonds is 3. The molecule has 0 spiro atoms. The third kappa shape index (κ3) is 6.01. The van der Waals surface area contributed by atoms with Crippen molar-refractivity contribution in [3.05, 3.63) is 28.7 Å². The maximum Gasteiger partial charge on any atom is 0.410 e. The fourth-order valence-electron chi connectivity index (χ4n) is 2.72. The van der Waals surface area contributed by atoms with Crippen molar-refractivity contribution in [2.24, 2.45) is 0 Å². The van der Waals surface area contributed by atoms with Crippen molar-refractivity contribution in [2.75, 3.05) is 31.5 Å². The lowest BCUT2D eigenvalue weighted by Gasteiger charge is -2.39. The second kappa shape index (κ2) is 8.19. The molecular formula is C18H26BrN3O3. The number of hydrogen-bond acceptors (Lipinski definition) is 4. The van der Waals surface area contributed by atoms with Crippen LogP contribution in [-0.4, -0.2) is 59.6 Å². The Bertz CT molecular complexity index is 630. The lowest BCUT2D eigenvalue weighted by molar-refractivity contribution is -0.117. The normalized spacial score (nSPS) is 18.8. The second-order valence-corrected chi connectivity index (χ2v) is 8.14. The zero-order valence-corrected chi connectivity index (χ0v) is 16.8. The molecule has 0 aliphatic carbocycles. The van der Waals surface area contributed by atoms with Gasteiger partial charge in [0, 0.05) is 30.1 Å². The Hall–Kier alpha value is -1.60. The predicted octanol–water partition coefficient (Wildman–Crippen LogP) is 3.33. The van der Waals surface area contributed by atoms with Crippen molar-refractivity contribution < 1.29 is 14.3 Å². The predicted molar refractivity (Wildman–Crippen MR) is 102 cm³/mol. The largest absolute Gasteiger partial charge is 0.444 e. The molecule has 0 bridgehead atoms. The molecule has 138 valence electrons. The molecule has 0 radical (unpaired) electrons. The Labute approximate surface area is 157 Å². The number of benzene rings is 1. The highest BCUT2D eigenvalue weighted by atomic mass is 79.9. The molecule has 0 saturated carbocycles. The van der Waals surface area contributed by atoms with Gasteiger partial charge in [0.15, 0.2) is 0 Å². The molecule has 7 heteroatoms. The summed E-state index contributed by atoms with van der Waals surface area (Å²) in [4.78, 5) is 28.3. The number of halogens is 1. The fraction of sp³-hybridized carbons (Fsp3) is 0.556. The molecule has 1 aromatic rings. The van der Waals surface area contributed by atoms with E-state index < -0.39 is 5.60 Å². The maximum absolute atomic E-state index is 12.3. The molecule has 2 rings (SSSR count). The van der Waals surface area contributed by atoms with E-state index in [1.165, 1.54) is 0 Å². The minimum Gasteiger partial charge on any atom is -0.444 e. The molecule has 2 amide bonds. The zero-order chi connectivity index (χ0) is 18.6. The molecule has 1 aliphatic rings. The molecule has 1 aliphatic heterocycles. The van der Waals surface area contributed by atoms with Gasteiger partial charge in [-0.15, -0.1) is 0 Å². The monoisotopic (exact) mass is 411 g/mol. The zero-order valence-electron chi connectivity index (χ0n) is 15.2. The minimum absolute atomic E-state index is 0.000128. The molecule has 1 atom stereocenters. The van der Waals surface area contributed by atoms with Crippen LogP contribution >= 0.6 is 15.9 Å². The van der Waals surface area contributed by atoms with Crippen LogP contribution in [0.15, 0.2) is 28.7 Å². The van der Waals surface area contributed by atoms with Crippen molar-refractivity contribution in [1.29, 1.82) is 0 Å². The van der Waals surface area contributed by atoms with Crippen molar-refractivity contribution in [2.45, 2.75) is 39.3 Å². The van der Waals surface area contributed by atoms with Crippen LogP contribution in [0.3, 0.4) is 0 Å². The number of nitrogens with one attached hydrogen (secondary N) is 1.